The van der Waals surface area contributed by atoms with Crippen molar-refractivity contribution < 1.29 is 9.50 Å². The van der Waals surface area contributed by atoms with Gasteiger partial charge in [0.1, 0.15) is 5.82 Å². The highest BCUT2D eigenvalue weighted by Crippen LogP contribution is 2.48. The quantitative estimate of drug-likeness (QED) is 0.751. The molecule has 2 rings (SSSR count). The van der Waals surface area contributed by atoms with Crippen LogP contribution in [-0.4, -0.2) is 5.11 Å². The number of halogens is 1. The monoisotopic (exact) mass is 208 g/mol. The topological polar surface area (TPSA) is 20.2 Å². The summed E-state index contributed by atoms with van der Waals surface area (Å²) in [6.07, 6.45) is 2.54. The molecule has 0 aliphatic heterocycles. The smallest absolute Gasteiger partial charge is 0.123 e. The van der Waals surface area contributed by atoms with E-state index in [1.165, 1.54) is 12.1 Å². The van der Waals surface area contributed by atoms with Crippen LogP contribution in [0.15, 0.2) is 24.3 Å². The van der Waals surface area contributed by atoms with Gasteiger partial charge in [0.05, 0.1) is 5.60 Å². The van der Waals surface area contributed by atoms with E-state index in [9.17, 15) is 9.50 Å². The standard InChI is InChI=1S/C13H17FO/c1-12(2)7-8-13(15,9-12)10-3-5-11(14)6-4-10/h3-6,15H,7-9H2,1-2H3. The van der Waals surface area contributed by atoms with E-state index >= 15 is 0 Å². The fourth-order valence-corrected chi connectivity index (χ4v) is 2.52. The fourth-order valence-electron chi connectivity index (χ4n) is 2.52. The molecule has 2 heteroatoms. The van der Waals surface area contributed by atoms with Crippen LogP contribution in [0.3, 0.4) is 0 Å². The lowest BCUT2D eigenvalue weighted by Gasteiger charge is -2.25. The molecular formula is C13H17FO. The SMILES string of the molecule is CC1(C)CCC(O)(c2ccc(F)cc2)C1. The van der Waals surface area contributed by atoms with Crippen molar-refractivity contribution in [2.45, 2.75) is 38.7 Å². The summed E-state index contributed by atoms with van der Waals surface area (Å²) >= 11 is 0. The zero-order chi connectivity index (χ0) is 11.1. The first-order valence-corrected chi connectivity index (χ1v) is 5.40. The summed E-state index contributed by atoms with van der Waals surface area (Å²) in [5, 5.41) is 10.5. The van der Waals surface area contributed by atoms with E-state index in [4.69, 9.17) is 0 Å². The molecular weight excluding hydrogens is 191 g/mol. The lowest BCUT2D eigenvalue weighted by atomic mass is 9.86. The molecule has 15 heavy (non-hydrogen) atoms. The van der Waals surface area contributed by atoms with Crippen LogP contribution in [0.25, 0.3) is 0 Å². The summed E-state index contributed by atoms with van der Waals surface area (Å²) in [5.41, 5.74) is 0.273. The number of aliphatic hydroxyl groups is 1. The highest BCUT2D eigenvalue weighted by Gasteiger charge is 2.42. The number of hydrogen-bond donors (Lipinski definition) is 1. The Labute approximate surface area is 89.9 Å². The molecule has 0 radical (unpaired) electrons. The third-order valence-corrected chi connectivity index (χ3v) is 3.37. The molecule has 0 aromatic heterocycles. The molecule has 1 saturated carbocycles. The number of rotatable bonds is 1. The van der Waals surface area contributed by atoms with Crippen LogP contribution in [0.2, 0.25) is 0 Å². The van der Waals surface area contributed by atoms with Gasteiger partial charge in [-0.2, -0.15) is 0 Å². The normalized spacial score (nSPS) is 29.3. The van der Waals surface area contributed by atoms with Crippen LogP contribution in [0, 0.1) is 11.2 Å². The zero-order valence-corrected chi connectivity index (χ0v) is 9.26. The maximum Gasteiger partial charge on any atom is 0.123 e. The molecule has 1 aromatic rings. The van der Waals surface area contributed by atoms with Crippen molar-refractivity contribution >= 4 is 0 Å². The van der Waals surface area contributed by atoms with E-state index in [-0.39, 0.29) is 11.2 Å². The molecule has 1 nitrogen and oxygen atoms in total. The van der Waals surface area contributed by atoms with Crippen LogP contribution in [-0.2, 0) is 5.60 Å². The summed E-state index contributed by atoms with van der Waals surface area (Å²) < 4.78 is 12.8. The minimum absolute atomic E-state index is 0.184. The summed E-state index contributed by atoms with van der Waals surface area (Å²) in [6.45, 7) is 4.32. The average Bonchev–Trinajstić information content (AvgIpc) is 2.43. The summed E-state index contributed by atoms with van der Waals surface area (Å²) in [7, 11) is 0. The second-order valence-corrected chi connectivity index (χ2v) is 5.38. The zero-order valence-electron chi connectivity index (χ0n) is 9.26. The Kier molecular flexibility index (Phi) is 2.34. The molecule has 1 aromatic carbocycles. The van der Waals surface area contributed by atoms with Crippen LogP contribution in [0.4, 0.5) is 4.39 Å². The Hall–Kier alpha value is -0.890. The maximum absolute atomic E-state index is 12.8. The predicted octanol–water partition coefficient (Wildman–Crippen LogP) is 3.22. The van der Waals surface area contributed by atoms with Crippen molar-refractivity contribution in [1.82, 2.24) is 0 Å². The maximum atomic E-state index is 12.8. The minimum Gasteiger partial charge on any atom is -0.385 e. The van der Waals surface area contributed by atoms with Gasteiger partial charge in [-0.15, -0.1) is 0 Å². The van der Waals surface area contributed by atoms with E-state index in [1.807, 2.05) is 0 Å². The van der Waals surface area contributed by atoms with Crippen molar-refractivity contribution in [3.8, 4) is 0 Å². The van der Waals surface area contributed by atoms with Gasteiger partial charge in [-0.05, 0) is 42.4 Å². The van der Waals surface area contributed by atoms with Gasteiger partial charge in [0, 0.05) is 0 Å². The number of benzene rings is 1. The van der Waals surface area contributed by atoms with Gasteiger partial charge in [-0.1, -0.05) is 26.0 Å². The first kappa shape index (κ1) is 10.6. The van der Waals surface area contributed by atoms with Gasteiger partial charge in [-0.3, -0.25) is 0 Å². The van der Waals surface area contributed by atoms with Crippen LogP contribution in [0.1, 0.15) is 38.7 Å². The molecule has 82 valence electrons. The molecule has 1 unspecified atom stereocenters. The molecule has 1 atom stereocenters. The van der Waals surface area contributed by atoms with Crippen molar-refractivity contribution in [1.29, 1.82) is 0 Å². The third-order valence-electron chi connectivity index (χ3n) is 3.37. The van der Waals surface area contributed by atoms with Crippen LogP contribution < -0.4 is 0 Å². The molecule has 0 bridgehead atoms. The average molecular weight is 208 g/mol. The predicted molar refractivity (Wildman–Crippen MR) is 57.9 cm³/mol. The molecule has 1 aliphatic rings. The molecule has 0 heterocycles. The van der Waals surface area contributed by atoms with Gasteiger partial charge < -0.3 is 5.11 Å². The first-order chi connectivity index (χ1) is 6.91. The van der Waals surface area contributed by atoms with Crippen molar-refractivity contribution in [3.05, 3.63) is 35.6 Å². The Morgan fingerprint density at radius 2 is 1.73 bits per heavy atom. The van der Waals surface area contributed by atoms with E-state index < -0.39 is 5.60 Å². The molecule has 1 aliphatic carbocycles. The molecule has 0 saturated heterocycles. The fraction of sp³-hybridized carbons (Fsp3) is 0.538. The van der Waals surface area contributed by atoms with Gasteiger partial charge in [0.25, 0.3) is 0 Å². The Bertz CT molecular complexity index is 355. The highest BCUT2D eigenvalue weighted by molar-refractivity contribution is 5.24. The van der Waals surface area contributed by atoms with Crippen molar-refractivity contribution in [2.24, 2.45) is 5.41 Å². The van der Waals surface area contributed by atoms with Crippen LogP contribution in [0.5, 0.6) is 0 Å². The molecule has 0 spiro atoms. The third kappa shape index (κ3) is 2.05. The van der Waals surface area contributed by atoms with Crippen molar-refractivity contribution in [2.75, 3.05) is 0 Å². The van der Waals surface area contributed by atoms with Gasteiger partial charge in [0.2, 0.25) is 0 Å². The summed E-state index contributed by atoms with van der Waals surface area (Å²) in [5.74, 6) is -0.250. The summed E-state index contributed by atoms with van der Waals surface area (Å²) in [4.78, 5) is 0. The first-order valence-electron chi connectivity index (χ1n) is 5.40. The van der Waals surface area contributed by atoms with Gasteiger partial charge in [-0.25, -0.2) is 4.39 Å². The Morgan fingerprint density at radius 1 is 1.13 bits per heavy atom. The van der Waals surface area contributed by atoms with E-state index in [1.54, 1.807) is 12.1 Å². The van der Waals surface area contributed by atoms with Crippen molar-refractivity contribution in [3.63, 3.8) is 0 Å². The molecule has 1 N–H and O–H groups in total. The summed E-state index contributed by atoms with van der Waals surface area (Å²) in [6, 6.07) is 6.21. The lowest BCUT2D eigenvalue weighted by Crippen LogP contribution is -2.23. The Balaban J connectivity index is 2.27. The van der Waals surface area contributed by atoms with Crippen LogP contribution >= 0.6 is 0 Å². The minimum atomic E-state index is -0.753. The second-order valence-electron chi connectivity index (χ2n) is 5.38. The highest BCUT2D eigenvalue weighted by atomic mass is 19.1. The molecule has 0 amide bonds. The Morgan fingerprint density at radius 3 is 2.20 bits per heavy atom. The van der Waals surface area contributed by atoms with Gasteiger partial charge in [0.15, 0.2) is 0 Å². The lowest BCUT2D eigenvalue weighted by molar-refractivity contribution is 0.0338. The second kappa shape index (κ2) is 3.31. The van der Waals surface area contributed by atoms with E-state index in [0.29, 0.717) is 0 Å². The van der Waals surface area contributed by atoms with E-state index in [2.05, 4.69) is 13.8 Å². The largest absolute Gasteiger partial charge is 0.385 e. The van der Waals surface area contributed by atoms with Gasteiger partial charge >= 0.3 is 0 Å². The molecule has 1 fully saturated rings. The number of hydrogen-bond acceptors (Lipinski definition) is 1. The van der Waals surface area contributed by atoms with E-state index in [0.717, 1.165) is 24.8 Å².